The van der Waals surface area contributed by atoms with Crippen molar-refractivity contribution in [1.82, 2.24) is 4.90 Å². The van der Waals surface area contributed by atoms with E-state index in [2.05, 4.69) is 18.2 Å². The van der Waals surface area contributed by atoms with Crippen molar-refractivity contribution in [2.45, 2.75) is 13.3 Å². The van der Waals surface area contributed by atoms with Crippen molar-refractivity contribution in [3.63, 3.8) is 0 Å². The van der Waals surface area contributed by atoms with Crippen LogP contribution < -0.4 is 0 Å². The Labute approximate surface area is 130 Å². The lowest BCUT2D eigenvalue weighted by atomic mass is 9.99. The lowest BCUT2D eigenvalue weighted by Crippen LogP contribution is -2.33. The molecule has 112 valence electrons. The van der Waals surface area contributed by atoms with Crippen LogP contribution in [0.5, 0.6) is 0 Å². The third-order valence-electron chi connectivity index (χ3n) is 3.82. The molecule has 2 aromatic rings. The van der Waals surface area contributed by atoms with Crippen molar-refractivity contribution in [2.24, 2.45) is 0 Å². The van der Waals surface area contributed by atoms with Gasteiger partial charge in [0.05, 0.1) is 0 Å². The highest BCUT2D eigenvalue weighted by Gasteiger charge is 2.15. The van der Waals surface area contributed by atoms with Gasteiger partial charge in [-0.15, -0.1) is 0 Å². The fraction of sp³-hybridized carbons (Fsp3) is 0.211. The van der Waals surface area contributed by atoms with E-state index in [4.69, 9.17) is 4.42 Å². The van der Waals surface area contributed by atoms with Gasteiger partial charge in [-0.3, -0.25) is 4.79 Å². The number of carbonyl (C=O) groups excluding carboxylic acids is 1. The molecule has 0 saturated heterocycles. The van der Waals surface area contributed by atoms with E-state index in [9.17, 15) is 4.79 Å². The molecular weight excluding hydrogens is 274 g/mol. The normalized spacial score (nSPS) is 15.1. The summed E-state index contributed by atoms with van der Waals surface area (Å²) in [6.07, 6.45) is 6.34. The topological polar surface area (TPSA) is 33.5 Å². The molecule has 1 aromatic heterocycles. The SMILES string of the molecule is Cc1ccc(C=CC(=O)N2CC=C(c3ccccc3)CC2)o1. The molecule has 1 aliphatic heterocycles. The Morgan fingerprint density at radius 1 is 1.18 bits per heavy atom. The van der Waals surface area contributed by atoms with Crippen LogP contribution in [0.2, 0.25) is 0 Å². The van der Waals surface area contributed by atoms with Crippen LogP contribution in [-0.2, 0) is 4.79 Å². The van der Waals surface area contributed by atoms with Crippen LogP contribution in [0.15, 0.2) is 59.0 Å². The number of hydrogen-bond acceptors (Lipinski definition) is 2. The molecule has 3 nitrogen and oxygen atoms in total. The molecule has 0 aliphatic carbocycles. The van der Waals surface area contributed by atoms with Crippen molar-refractivity contribution in [3.05, 3.63) is 71.7 Å². The van der Waals surface area contributed by atoms with Crippen molar-refractivity contribution in [1.29, 1.82) is 0 Å². The Bertz CT molecular complexity index is 710. The number of aryl methyl sites for hydroxylation is 1. The Balaban J connectivity index is 1.62. The van der Waals surface area contributed by atoms with E-state index >= 15 is 0 Å². The fourth-order valence-corrected chi connectivity index (χ4v) is 2.59. The van der Waals surface area contributed by atoms with E-state index in [1.165, 1.54) is 11.1 Å². The Kier molecular flexibility index (Phi) is 4.24. The summed E-state index contributed by atoms with van der Waals surface area (Å²) in [6.45, 7) is 3.30. The number of rotatable bonds is 3. The number of benzene rings is 1. The first-order chi connectivity index (χ1) is 10.7. The molecule has 0 atom stereocenters. The second-order valence-electron chi connectivity index (χ2n) is 5.41. The van der Waals surface area contributed by atoms with E-state index in [0.717, 1.165) is 18.7 Å². The Morgan fingerprint density at radius 2 is 2.00 bits per heavy atom. The van der Waals surface area contributed by atoms with Crippen molar-refractivity contribution in [3.8, 4) is 0 Å². The molecule has 0 unspecified atom stereocenters. The molecule has 1 amide bonds. The zero-order valence-electron chi connectivity index (χ0n) is 12.7. The summed E-state index contributed by atoms with van der Waals surface area (Å²) in [6, 6.07) is 14.1. The van der Waals surface area contributed by atoms with Crippen LogP contribution in [0.25, 0.3) is 11.6 Å². The highest BCUT2D eigenvalue weighted by atomic mass is 16.3. The lowest BCUT2D eigenvalue weighted by Gasteiger charge is -2.25. The molecule has 1 aliphatic rings. The van der Waals surface area contributed by atoms with Gasteiger partial charge in [0, 0.05) is 19.2 Å². The van der Waals surface area contributed by atoms with Crippen LogP contribution in [0, 0.1) is 6.92 Å². The molecule has 1 aromatic carbocycles. The summed E-state index contributed by atoms with van der Waals surface area (Å²) in [7, 11) is 0. The van der Waals surface area contributed by atoms with Gasteiger partial charge in [0.15, 0.2) is 0 Å². The smallest absolute Gasteiger partial charge is 0.246 e. The molecule has 0 fully saturated rings. The number of furan rings is 1. The predicted octanol–water partition coefficient (Wildman–Crippen LogP) is 3.92. The number of amides is 1. The maximum Gasteiger partial charge on any atom is 0.246 e. The Morgan fingerprint density at radius 3 is 2.64 bits per heavy atom. The number of nitrogens with zero attached hydrogens (tertiary/aromatic N) is 1. The van der Waals surface area contributed by atoms with Gasteiger partial charge in [0.25, 0.3) is 0 Å². The van der Waals surface area contributed by atoms with Crippen LogP contribution in [0.1, 0.15) is 23.5 Å². The largest absolute Gasteiger partial charge is 0.462 e. The summed E-state index contributed by atoms with van der Waals surface area (Å²) < 4.78 is 5.43. The molecule has 2 heterocycles. The molecule has 22 heavy (non-hydrogen) atoms. The van der Waals surface area contributed by atoms with Crippen LogP contribution >= 0.6 is 0 Å². The molecule has 0 radical (unpaired) electrons. The molecular formula is C19H19NO2. The van der Waals surface area contributed by atoms with Gasteiger partial charge >= 0.3 is 0 Å². The van der Waals surface area contributed by atoms with Crippen molar-refractivity contribution >= 4 is 17.6 Å². The standard InChI is InChI=1S/C19H19NO2/c1-15-7-8-18(22-15)9-10-19(21)20-13-11-17(12-14-20)16-5-3-2-4-6-16/h2-11H,12-14H2,1H3. The third-order valence-corrected chi connectivity index (χ3v) is 3.82. The average molecular weight is 293 g/mol. The third kappa shape index (κ3) is 3.37. The van der Waals surface area contributed by atoms with Crippen molar-refractivity contribution < 1.29 is 9.21 Å². The van der Waals surface area contributed by atoms with Crippen LogP contribution in [-0.4, -0.2) is 23.9 Å². The molecule has 0 bridgehead atoms. The van der Waals surface area contributed by atoms with E-state index < -0.39 is 0 Å². The van der Waals surface area contributed by atoms with Gasteiger partial charge in [0.2, 0.25) is 5.91 Å². The minimum absolute atomic E-state index is 0.0254. The van der Waals surface area contributed by atoms with Gasteiger partial charge in [-0.05, 0) is 42.7 Å². The van der Waals surface area contributed by atoms with Crippen molar-refractivity contribution in [2.75, 3.05) is 13.1 Å². The van der Waals surface area contributed by atoms with Crippen LogP contribution in [0.3, 0.4) is 0 Å². The molecule has 0 saturated carbocycles. The maximum absolute atomic E-state index is 12.2. The van der Waals surface area contributed by atoms with Gasteiger partial charge in [-0.25, -0.2) is 0 Å². The highest BCUT2D eigenvalue weighted by molar-refractivity contribution is 5.92. The van der Waals surface area contributed by atoms with E-state index in [1.54, 1.807) is 12.2 Å². The molecule has 3 rings (SSSR count). The fourth-order valence-electron chi connectivity index (χ4n) is 2.59. The average Bonchev–Trinajstić information content (AvgIpc) is 2.99. The Hall–Kier alpha value is -2.55. The molecule has 3 heteroatoms. The number of carbonyl (C=O) groups is 1. The highest BCUT2D eigenvalue weighted by Crippen LogP contribution is 2.22. The zero-order valence-corrected chi connectivity index (χ0v) is 12.7. The summed E-state index contributed by atoms with van der Waals surface area (Å²) in [5.74, 6) is 1.58. The van der Waals surface area contributed by atoms with Gasteiger partial charge < -0.3 is 9.32 Å². The second-order valence-corrected chi connectivity index (χ2v) is 5.41. The second kappa shape index (κ2) is 6.48. The number of hydrogen-bond donors (Lipinski definition) is 0. The zero-order chi connectivity index (χ0) is 15.4. The maximum atomic E-state index is 12.2. The van der Waals surface area contributed by atoms with E-state index in [1.807, 2.05) is 42.2 Å². The van der Waals surface area contributed by atoms with Gasteiger partial charge in [-0.2, -0.15) is 0 Å². The monoisotopic (exact) mass is 293 g/mol. The quantitative estimate of drug-likeness (QED) is 0.804. The van der Waals surface area contributed by atoms with E-state index in [-0.39, 0.29) is 5.91 Å². The minimum atomic E-state index is 0.0254. The van der Waals surface area contributed by atoms with Gasteiger partial charge in [0.1, 0.15) is 11.5 Å². The first-order valence-electron chi connectivity index (χ1n) is 7.50. The van der Waals surface area contributed by atoms with E-state index in [0.29, 0.717) is 12.3 Å². The minimum Gasteiger partial charge on any atom is -0.462 e. The summed E-state index contributed by atoms with van der Waals surface area (Å²) in [5, 5.41) is 0. The summed E-state index contributed by atoms with van der Waals surface area (Å²) >= 11 is 0. The van der Waals surface area contributed by atoms with Gasteiger partial charge in [-0.1, -0.05) is 36.4 Å². The first-order valence-corrected chi connectivity index (χ1v) is 7.50. The van der Waals surface area contributed by atoms with Crippen LogP contribution in [0.4, 0.5) is 0 Å². The lowest BCUT2D eigenvalue weighted by molar-refractivity contribution is -0.125. The summed E-state index contributed by atoms with van der Waals surface area (Å²) in [5.41, 5.74) is 2.56. The first kappa shape index (κ1) is 14.4. The predicted molar refractivity (Wildman–Crippen MR) is 88.1 cm³/mol. The summed E-state index contributed by atoms with van der Waals surface area (Å²) in [4.78, 5) is 14.0. The molecule has 0 spiro atoms. The molecule has 0 N–H and O–H groups in total.